The molecule has 1 unspecified atom stereocenters. The maximum Gasteiger partial charge on any atom is 0.179 e. The van der Waals surface area contributed by atoms with E-state index in [0.29, 0.717) is 22.9 Å². The van der Waals surface area contributed by atoms with Crippen molar-refractivity contribution in [3.05, 3.63) is 45.1 Å². The van der Waals surface area contributed by atoms with Gasteiger partial charge in [0.05, 0.1) is 25.3 Å². The first-order valence-corrected chi connectivity index (χ1v) is 7.58. The first-order valence-electron chi connectivity index (χ1n) is 6.26. The van der Waals surface area contributed by atoms with Crippen molar-refractivity contribution in [1.29, 1.82) is 0 Å². The molecule has 20 heavy (non-hydrogen) atoms. The number of methoxy groups -OCH3 is 2. The maximum absolute atomic E-state index is 10.3. The third kappa shape index (κ3) is 3.45. The van der Waals surface area contributed by atoms with Gasteiger partial charge in [-0.25, -0.2) is 0 Å². The van der Waals surface area contributed by atoms with E-state index in [2.05, 4.69) is 11.4 Å². The molecular weight excluding hydrogens is 296 g/mol. The minimum atomic E-state index is -0.577. The van der Waals surface area contributed by atoms with Crippen LogP contribution in [0.2, 0.25) is 5.02 Å². The van der Waals surface area contributed by atoms with E-state index >= 15 is 0 Å². The molecule has 0 aliphatic carbocycles. The summed E-state index contributed by atoms with van der Waals surface area (Å²) < 4.78 is 10.4. The summed E-state index contributed by atoms with van der Waals surface area (Å²) in [4.78, 5) is 0. The highest BCUT2D eigenvalue weighted by atomic mass is 35.5. The summed E-state index contributed by atoms with van der Waals surface area (Å²) in [5.41, 5.74) is 1.98. The lowest BCUT2D eigenvalue weighted by Gasteiger charge is -2.15. The number of hydrogen-bond donors (Lipinski definition) is 1. The van der Waals surface area contributed by atoms with Crippen LogP contribution in [-0.2, 0) is 6.42 Å². The molecule has 108 valence electrons. The second-order valence-electron chi connectivity index (χ2n) is 4.42. The van der Waals surface area contributed by atoms with Crippen molar-refractivity contribution in [2.24, 2.45) is 0 Å². The highest BCUT2D eigenvalue weighted by Crippen LogP contribution is 2.38. The van der Waals surface area contributed by atoms with Crippen molar-refractivity contribution in [1.82, 2.24) is 0 Å². The fourth-order valence-electron chi connectivity index (χ4n) is 2.04. The number of rotatable bonds is 6. The summed E-state index contributed by atoms with van der Waals surface area (Å²) in [5.74, 6) is 1.02. The quantitative estimate of drug-likeness (QED) is 0.873. The van der Waals surface area contributed by atoms with Crippen molar-refractivity contribution >= 4 is 22.9 Å². The molecule has 0 fully saturated rings. The van der Waals surface area contributed by atoms with Gasteiger partial charge in [0.2, 0.25) is 0 Å². The van der Waals surface area contributed by atoms with Crippen LogP contribution in [0.1, 0.15) is 23.7 Å². The van der Waals surface area contributed by atoms with E-state index in [0.717, 1.165) is 12.0 Å². The number of thiophene rings is 1. The molecular formula is C15H17ClO3S. The summed E-state index contributed by atoms with van der Waals surface area (Å²) in [6, 6.07) is 5.56. The minimum Gasteiger partial charge on any atom is -0.493 e. The predicted molar refractivity (Wildman–Crippen MR) is 82.2 cm³/mol. The SMILES string of the molecule is COc1cc(C(O)CCc2ccsc2)cc(Cl)c1OC. The van der Waals surface area contributed by atoms with Gasteiger partial charge in [0, 0.05) is 0 Å². The van der Waals surface area contributed by atoms with E-state index in [1.165, 1.54) is 12.7 Å². The lowest BCUT2D eigenvalue weighted by molar-refractivity contribution is 0.167. The molecule has 0 bridgehead atoms. The highest BCUT2D eigenvalue weighted by Gasteiger charge is 2.15. The molecule has 0 aliphatic rings. The predicted octanol–water partition coefficient (Wildman–Crippen LogP) is 4.08. The van der Waals surface area contributed by atoms with Crippen LogP contribution in [0.4, 0.5) is 0 Å². The van der Waals surface area contributed by atoms with Crippen molar-refractivity contribution in [3.8, 4) is 11.5 Å². The number of aliphatic hydroxyl groups is 1. The molecule has 1 N–H and O–H groups in total. The Balaban J connectivity index is 2.13. The Morgan fingerprint density at radius 3 is 2.70 bits per heavy atom. The van der Waals surface area contributed by atoms with E-state index in [4.69, 9.17) is 21.1 Å². The van der Waals surface area contributed by atoms with Gasteiger partial charge in [-0.15, -0.1) is 0 Å². The third-order valence-corrected chi connectivity index (χ3v) is 4.14. The Kier molecular flexibility index (Phi) is 5.29. The summed E-state index contributed by atoms with van der Waals surface area (Å²) in [6.07, 6.45) is 0.895. The Hall–Kier alpha value is -1.23. The molecule has 0 saturated heterocycles. The smallest absolute Gasteiger partial charge is 0.179 e. The molecule has 0 amide bonds. The van der Waals surface area contributed by atoms with Gasteiger partial charge in [-0.2, -0.15) is 11.3 Å². The topological polar surface area (TPSA) is 38.7 Å². The first kappa shape index (κ1) is 15.2. The number of benzene rings is 1. The van der Waals surface area contributed by atoms with E-state index in [-0.39, 0.29) is 0 Å². The van der Waals surface area contributed by atoms with Crippen LogP contribution in [-0.4, -0.2) is 19.3 Å². The van der Waals surface area contributed by atoms with Gasteiger partial charge in [0.15, 0.2) is 11.5 Å². The van der Waals surface area contributed by atoms with Gasteiger partial charge < -0.3 is 14.6 Å². The lowest BCUT2D eigenvalue weighted by atomic mass is 10.0. The molecule has 2 rings (SSSR count). The van der Waals surface area contributed by atoms with Crippen LogP contribution in [0.15, 0.2) is 29.0 Å². The van der Waals surface area contributed by atoms with Crippen molar-refractivity contribution in [2.45, 2.75) is 18.9 Å². The first-order chi connectivity index (χ1) is 9.65. The normalized spacial score (nSPS) is 12.2. The van der Waals surface area contributed by atoms with Gasteiger partial charge in [-0.05, 0) is 52.9 Å². The van der Waals surface area contributed by atoms with Crippen LogP contribution in [0.5, 0.6) is 11.5 Å². The summed E-state index contributed by atoms with van der Waals surface area (Å²) >= 11 is 7.80. The fraction of sp³-hybridized carbons (Fsp3) is 0.333. The maximum atomic E-state index is 10.3. The molecule has 0 radical (unpaired) electrons. The van der Waals surface area contributed by atoms with Crippen LogP contribution in [0.3, 0.4) is 0 Å². The Bertz CT molecular complexity index is 554. The Morgan fingerprint density at radius 2 is 2.10 bits per heavy atom. The number of aliphatic hydroxyl groups excluding tert-OH is 1. The monoisotopic (exact) mass is 312 g/mol. The van der Waals surface area contributed by atoms with Gasteiger partial charge in [0.1, 0.15) is 0 Å². The Labute approximate surface area is 127 Å². The molecule has 1 aromatic carbocycles. The second kappa shape index (κ2) is 6.97. The molecule has 3 nitrogen and oxygen atoms in total. The van der Waals surface area contributed by atoms with Crippen molar-refractivity contribution in [3.63, 3.8) is 0 Å². The third-order valence-electron chi connectivity index (χ3n) is 3.13. The average molecular weight is 313 g/mol. The zero-order valence-electron chi connectivity index (χ0n) is 11.4. The van der Waals surface area contributed by atoms with Crippen LogP contribution in [0.25, 0.3) is 0 Å². The average Bonchev–Trinajstić information content (AvgIpc) is 2.97. The number of ether oxygens (including phenoxy) is 2. The van der Waals surface area contributed by atoms with Crippen molar-refractivity contribution < 1.29 is 14.6 Å². The van der Waals surface area contributed by atoms with Gasteiger partial charge in [0.25, 0.3) is 0 Å². The molecule has 0 saturated carbocycles. The van der Waals surface area contributed by atoms with E-state index in [1.54, 1.807) is 30.6 Å². The van der Waals surface area contributed by atoms with Gasteiger partial charge >= 0.3 is 0 Å². The summed E-state index contributed by atoms with van der Waals surface area (Å²) in [5, 5.41) is 14.8. The number of hydrogen-bond acceptors (Lipinski definition) is 4. The highest BCUT2D eigenvalue weighted by molar-refractivity contribution is 7.07. The van der Waals surface area contributed by atoms with Crippen LogP contribution in [0, 0.1) is 0 Å². The van der Waals surface area contributed by atoms with Crippen LogP contribution < -0.4 is 9.47 Å². The second-order valence-corrected chi connectivity index (χ2v) is 5.61. The largest absolute Gasteiger partial charge is 0.493 e. The van der Waals surface area contributed by atoms with Gasteiger partial charge in [-0.3, -0.25) is 0 Å². The van der Waals surface area contributed by atoms with Crippen LogP contribution >= 0.6 is 22.9 Å². The fourth-order valence-corrected chi connectivity index (χ4v) is 3.03. The minimum absolute atomic E-state index is 0.441. The van der Waals surface area contributed by atoms with E-state index in [9.17, 15) is 5.11 Å². The lowest BCUT2D eigenvalue weighted by Crippen LogP contribution is -2.01. The molecule has 2 aromatic rings. The number of aryl methyl sites for hydroxylation is 1. The zero-order chi connectivity index (χ0) is 14.5. The van der Waals surface area contributed by atoms with E-state index in [1.807, 2.05) is 5.38 Å². The summed E-state index contributed by atoms with van der Waals surface area (Å²) in [7, 11) is 3.09. The summed E-state index contributed by atoms with van der Waals surface area (Å²) in [6.45, 7) is 0. The molecule has 5 heteroatoms. The molecule has 1 atom stereocenters. The van der Waals surface area contributed by atoms with Crippen molar-refractivity contribution in [2.75, 3.05) is 14.2 Å². The number of halogens is 1. The zero-order valence-corrected chi connectivity index (χ0v) is 13.0. The molecule has 1 heterocycles. The van der Waals surface area contributed by atoms with Gasteiger partial charge in [-0.1, -0.05) is 11.6 Å². The standard InChI is InChI=1S/C15H17ClO3S/c1-18-14-8-11(7-12(16)15(14)19-2)13(17)4-3-10-5-6-20-9-10/h5-9,13,17H,3-4H2,1-2H3. The molecule has 1 aromatic heterocycles. The van der Waals surface area contributed by atoms with E-state index < -0.39 is 6.10 Å². The molecule has 0 spiro atoms. The molecule has 0 aliphatic heterocycles. The Morgan fingerprint density at radius 1 is 1.30 bits per heavy atom.